The minimum atomic E-state index is -0.718. The highest BCUT2D eigenvalue weighted by molar-refractivity contribution is 6.31. The first-order valence-electron chi connectivity index (χ1n) is 12.2. The lowest BCUT2D eigenvalue weighted by molar-refractivity contribution is -0.145. The third-order valence-corrected chi connectivity index (χ3v) is 7.23. The summed E-state index contributed by atoms with van der Waals surface area (Å²) in [5.74, 6) is -1.32. The van der Waals surface area contributed by atoms with E-state index in [1.165, 1.54) is 11.0 Å². The molecule has 5 rings (SSSR count). The number of imide groups is 1. The summed E-state index contributed by atoms with van der Waals surface area (Å²) >= 11 is 6.15. The van der Waals surface area contributed by atoms with E-state index in [-0.39, 0.29) is 49.0 Å². The zero-order chi connectivity index (χ0) is 26.3. The molecule has 9 nitrogen and oxygen atoms in total. The normalized spacial score (nSPS) is 23.5. The van der Waals surface area contributed by atoms with E-state index in [1.807, 2.05) is 50.2 Å². The smallest absolute Gasteiger partial charge is 0.251 e. The van der Waals surface area contributed by atoms with Gasteiger partial charge >= 0.3 is 0 Å². The maximum absolute atomic E-state index is 12.9. The van der Waals surface area contributed by atoms with Crippen molar-refractivity contribution in [1.29, 1.82) is 0 Å². The SMILES string of the molecule is Cc1ccc(NC(=O)CC(C)c2cccc(NC3=CC(=O)N(C4CCC(=O)NC4=O)C4OC34)c2)cc1Cl. The average Bonchev–Trinajstić information content (AvgIpc) is 3.64. The first kappa shape index (κ1) is 25.0. The van der Waals surface area contributed by atoms with Crippen LogP contribution in [0.1, 0.15) is 43.2 Å². The second kappa shape index (κ2) is 9.99. The number of halogens is 1. The number of carbonyl (C=O) groups is 4. The van der Waals surface area contributed by atoms with Crippen molar-refractivity contribution in [2.45, 2.75) is 57.4 Å². The first-order chi connectivity index (χ1) is 17.7. The molecular formula is C27H27ClN4O5. The number of amides is 4. The van der Waals surface area contributed by atoms with Crippen molar-refractivity contribution in [3.8, 4) is 0 Å². The van der Waals surface area contributed by atoms with E-state index in [0.717, 1.165) is 16.8 Å². The highest BCUT2D eigenvalue weighted by Gasteiger charge is 2.55. The van der Waals surface area contributed by atoms with Gasteiger partial charge in [0.25, 0.3) is 5.91 Å². The molecule has 2 aromatic carbocycles. The van der Waals surface area contributed by atoms with Gasteiger partial charge in [-0.05, 0) is 54.7 Å². The first-order valence-corrected chi connectivity index (χ1v) is 12.5. The van der Waals surface area contributed by atoms with E-state index in [2.05, 4.69) is 16.0 Å². The van der Waals surface area contributed by atoms with Gasteiger partial charge in [-0.3, -0.25) is 29.4 Å². The molecule has 2 fully saturated rings. The second-order valence-electron chi connectivity index (χ2n) is 9.63. The molecule has 4 unspecified atom stereocenters. The fourth-order valence-corrected chi connectivity index (χ4v) is 4.89. The van der Waals surface area contributed by atoms with Crippen molar-refractivity contribution in [2.24, 2.45) is 0 Å². The number of benzene rings is 2. The Morgan fingerprint density at radius 1 is 1.19 bits per heavy atom. The summed E-state index contributed by atoms with van der Waals surface area (Å²) in [4.78, 5) is 50.6. The van der Waals surface area contributed by atoms with Crippen molar-refractivity contribution in [1.82, 2.24) is 10.2 Å². The third-order valence-electron chi connectivity index (χ3n) is 6.82. The maximum atomic E-state index is 12.9. The third kappa shape index (κ3) is 5.38. The van der Waals surface area contributed by atoms with Crippen molar-refractivity contribution < 1.29 is 23.9 Å². The molecule has 4 amide bonds. The fourth-order valence-electron chi connectivity index (χ4n) is 4.71. The summed E-state index contributed by atoms with van der Waals surface area (Å²) in [7, 11) is 0. The van der Waals surface area contributed by atoms with Crippen molar-refractivity contribution in [3.63, 3.8) is 0 Å². The van der Waals surface area contributed by atoms with Gasteiger partial charge in [0.1, 0.15) is 12.1 Å². The molecule has 37 heavy (non-hydrogen) atoms. The molecular weight excluding hydrogens is 496 g/mol. The number of nitrogens with zero attached hydrogens (tertiary/aromatic N) is 1. The summed E-state index contributed by atoms with van der Waals surface area (Å²) in [6, 6.07) is 12.4. The summed E-state index contributed by atoms with van der Waals surface area (Å²) in [6.45, 7) is 3.88. The summed E-state index contributed by atoms with van der Waals surface area (Å²) in [5, 5.41) is 9.04. The Labute approximate surface area is 219 Å². The van der Waals surface area contributed by atoms with Crippen molar-refractivity contribution in [3.05, 3.63) is 70.4 Å². The average molecular weight is 523 g/mol. The predicted octanol–water partition coefficient (Wildman–Crippen LogP) is 3.45. The van der Waals surface area contributed by atoms with Gasteiger partial charge in [0, 0.05) is 35.3 Å². The lowest BCUT2D eigenvalue weighted by Crippen LogP contribution is -2.56. The molecule has 0 bridgehead atoms. The van der Waals surface area contributed by atoms with Gasteiger partial charge in [0.05, 0.1) is 5.70 Å². The van der Waals surface area contributed by atoms with Crippen LogP contribution in [0, 0.1) is 6.92 Å². The highest BCUT2D eigenvalue weighted by Crippen LogP contribution is 2.39. The van der Waals surface area contributed by atoms with Gasteiger partial charge in [0.15, 0.2) is 6.23 Å². The summed E-state index contributed by atoms with van der Waals surface area (Å²) in [6.07, 6.45) is 1.29. The monoisotopic (exact) mass is 522 g/mol. The van der Waals surface area contributed by atoms with Crippen LogP contribution in [-0.4, -0.2) is 46.9 Å². The molecule has 0 aliphatic carbocycles. The molecule has 3 N–H and O–H groups in total. The van der Waals surface area contributed by atoms with Crippen LogP contribution in [0.3, 0.4) is 0 Å². The minimum absolute atomic E-state index is 0.0578. The Morgan fingerprint density at radius 2 is 2.00 bits per heavy atom. The predicted molar refractivity (Wildman–Crippen MR) is 138 cm³/mol. The molecule has 2 saturated heterocycles. The number of aryl methyl sites for hydroxylation is 1. The Balaban J connectivity index is 1.22. The van der Waals surface area contributed by atoms with Crippen LogP contribution in [0.5, 0.6) is 0 Å². The number of epoxide rings is 1. The summed E-state index contributed by atoms with van der Waals surface area (Å²) < 4.78 is 5.72. The van der Waals surface area contributed by atoms with Gasteiger partial charge in [0.2, 0.25) is 17.7 Å². The fraction of sp³-hybridized carbons (Fsp3) is 0.333. The Kier molecular flexibility index (Phi) is 6.74. The molecule has 3 heterocycles. The molecule has 192 valence electrons. The van der Waals surface area contributed by atoms with Crippen LogP contribution in [0.15, 0.2) is 54.2 Å². The quantitative estimate of drug-likeness (QED) is 0.378. The van der Waals surface area contributed by atoms with Crippen molar-refractivity contribution in [2.75, 3.05) is 10.6 Å². The number of fused-ring (bicyclic) bond motifs is 1. The Hall–Kier alpha value is -3.69. The lowest BCUT2D eigenvalue weighted by Gasteiger charge is -2.32. The van der Waals surface area contributed by atoms with Gasteiger partial charge in [-0.1, -0.05) is 36.7 Å². The van der Waals surface area contributed by atoms with Gasteiger partial charge in [-0.25, -0.2) is 0 Å². The molecule has 3 aliphatic heterocycles. The molecule has 0 spiro atoms. The Morgan fingerprint density at radius 3 is 2.76 bits per heavy atom. The standard InChI is InChI=1S/C27H27ClN4O5/c1-14-6-7-18(12-19(14)28)30-23(34)10-15(2)16-4-3-5-17(11-16)29-20-13-24(35)32(27-25(20)37-27)21-8-9-22(33)31-26(21)36/h3-7,11-13,15,21,25,27,29H,8-10H2,1-2H3,(H,30,34)(H,31,33,36). The van der Waals surface area contributed by atoms with E-state index in [4.69, 9.17) is 16.3 Å². The number of carbonyl (C=O) groups excluding carboxylic acids is 4. The molecule has 0 saturated carbocycles. The van der Waals surface area contributed by atoms with Crippen LogP contribution in [-0.2, 0) is 23.9 Å². The van der Waals surface area contributed by atoms with Crippen LogP contribution in [0.4, 0.5) is 11.4 Å². The van der Waals surface area contributed by atoms with E-state index >= 15 is 0 Å². The lowest BCUT2D eigenvalue weighted by atomic mass is 9.96. The summed E-state index contributed by atoms with van der Waals surface area (Å²) in [5.41, 5.74) is 3.93. The van der Waals surface area contributed by atoms with E-state index in [9.17, 15) is 19.2 Å². The number of anilines is 2. The maximum Gasteiger partial charge on any atom is 0.251 e. The number of hydrogen-bond acceptors (Lipinski definition) is 6. The molecule has 3 aliphatic rings. The van der Waals surface area contributed by atoms with Crippen LogP contribution in [0.25, 0.3) is 0 Å². The molecule has 2 aromatic rings. The number of ether oxygens (including phenoxy) is 1. The topological polar surface area (TPSA) is 120 Å². The van der Waals surface area contributed by atoms with Gasteiger partial charge < -0.3 is 15.4 Å². The van der Waals surface area contributed by atoms with Crippen molar-refractivity contribution >= 4 is 46.6 Å². The zero-order valence-corrected chi connectivity index (χ0v) is 21.2. The highest BCUT2D eigenvalue weighted by atomic mass is 35.5. The number of nitrogens with one attached hydrogen (secondary N) is 3. The van der Waals surface area contributed by atoms with Crippen LogP contribution < -0.4 is 16.0 Å². The number of rotatable bonds is 7. The second-order valence-corrected chi connectivity index (χ2v) is 10.0. The number of hydrogen-bond donors (Lipinski definition) is 3. The van der Waals surface area contributed by atoms with Gasteiger partial charge in [-0.2, -0.15) is 0 Å². The van der Waals surface area contributed by atoms with E-state index in [1.54, 1.807) is 6.07 Å². The van der Waals surface area contributed by atoms with E-state index < -0.39 is 18.2 Å². The number of piperidine rings is 1. The van der Waals surface area contributed by atoms with Crippen LogP contribution >= 0.6 is 11.6 Å². The molecule has 0 aromatic heterocycles. The van der Waals surface area contributed by atoms with Crippen LogP contribution in [0.2, 0.25) is 5.02 Å². The zero-order valence-electron chi connectivity index (χ0n) is 20.4. The van der Waals surface area contributed by atoms with Gasteiger partial charge in [-0.15, -0.1) is 0 Å². The Bertz CT molecular complexity index is 1330. The minimum Gasteiger partial charge on any atom is -0.356 e. The largest absolute Gasteiger partial charge is 0.356 e. The van der Waals surface area contributed by atoms with E-state index in [0.29, 0.717) is 16.4 Å². The molecule has 4 atom stereocenters. The molecule has 0 radical (unpaired) electrons. The molecule has 10 heteroatoms.